The van der Waals surface area contributed by atoms with E-state index < -0.39 is 0 Å². The van der Waals surface area contributed by atoms with Gasteiger partial charge in [-0.15, -0.1) is 0 Å². The molecule has 1 aliphatic heterocycles. The van der Waals surface area contributed by atoms with Gasteiger partial charge in [-0.25, -0.2) is 0 Å². The van der Waals surface area contributed by atoms with Crippen molar-refractivity contribution in [3.05, 3.63) is 11.9 Å². The van der Waals surface area contributed by atoms with Crippen molar-refractivity contribution < 1.29 is 4.79 Å². The summed E-state index contributed by atoms with van der Waals surface area (Å²) < 4.78 is 1.55. The number of carbonyl (C=O) groups excluding carboxylic acids is 1. The van der Waals surface area contributed by atoms with Crippen molar-refractivity contribution in [3.63, 3.8) is 0 Å². The normalized spacial score (nSPS) is 16.1. The first-order chi connectivity index (χ1) is 8.66. The molecule has 0 unspecified atom stereocenters. The molecule has 1 aromatic heterocycles. The summed E-state index contributed by atoms with van der Waals surface area (Å²) in [4.78, 5) is 14.2. The van der Waals surface area contributed by atoms with Gasteiger partial charge in [0.15, 0.2) is 5.69 Å². The highest BCUT2D eigenvalue weighted by Crippen LogP contribution is 2.08. The number of nitrogens with zero attached hydrogens (tertiary/aromatic N) is 3. The number of nitrogens with two attached hydrogens (primary N) is 1. The van der Waals surface area contributed by atoms with Crippen LogP contribution in [0.15, 0.2) is 6.20 Å². The Bertz CT molecular complexity index is 409. The fourth-order valence-electron chi connectivity index (χ4n) is 2.28. The van der Waals surface area contributed by atoms with Gasteiger partial charge in [0.1, 0.15) is 0 Å². The summed E-state index contributed by atoms with van der Waals surface area (Å²) in [5.74, 6) is -0.186. The summed E-state index contributed by atoms with van der Waals surface area (Å²) >= 11 is 0. The fourth-order valence-corrected chi connectivity index (χ4v) is 2.28. The van der Waals surface area contributed by atoms with Crippen molar-refractivity contribution in [1.82, 2.24) is 20.0 Å². The highest BCUT2D eigenvalue weighted by atomic mass is 16.1. The molecule has 1 amide bonds. The fraction of sp³-hybridized carbons (Fsp3) is 0.667. The van der Waals surface area contributed by atoms with E-state index in [-0.39, 0.29) is 5.91 Å². The molecule has 0 aliphatic carbocycles. The highest BCUT2D eigenvalue weighted by molar-refractivity contribution is 5.96. The Labute approximate surface area is 107 Å². The zero-order valence-corrected chi connectivity index (χ0v) is 10.9. The van der Waals surface area contributed by atoms with Crippen LogP contribution in [-0.4, -0.2) is 46.8 Å². The first-order valence-electron chi connectivity index (χ1n) is 6.46. The van der Waals surface area contributed by atoms with E-state index in [0.29, 0.717) is 17.9 Å². The maximum Gasteiger partial charge on any atom is 0.273 e. The van der Waals surface area contributed by atoms with Gasteiger partial charge in [0, 0.05) is 19.8 Å². The molecular formula is C12H21N5O. The second-order valence-corrected chi connectivity index (χ2v) is 4.76. The third kappa shape index (κ3) is 3.22. The Hall–Kier alpha value is -1.56. The minimum absolute atomic E-state index is 0.186. The molecule has 2 heterocycles. The van der Waals surface area contributed by atoms with Crippen LogP contribution < -0.4 is 11.1 Å². The van der Waals surface area contributed by atoms with E-state index in [0.717, 1.165) is 13.0 Å². The topological polar surface area (TPSA) is 76.2 Å². The van der Waals surface area contributed by atoms with E-state index >= 15 is 0 Å². The number of aromatic nitrogens is 2. The van der Waals surface area contributed by atoms with Crippen molar-refractivity contribution in [3.8, 4) is 0 Å². The van der Waals surface area contributed by atoms with Gasteiger partial charge in [0.05, 0.1) is 5.69 Å². The van der Waals surface area contributed by atoms with Crippen LogP contribution in [0.3, 0.4) is 0 Å². The largest absolute Gasteiger partial charge is 0.396 e. The second kappa shape index (κ2) is 5.86. The number of hydrogen-bond donors (Lipinski definition) is 2. The Morgan fingerprint density at radius 3 is 2.83 bits per heavy atom. The second-order valence-electron chi connectivity index (χ2n) is 4.76. The molecule has 3 N–H and O–H groups in total. The standard InChI is InChI=1S/C12H21N5O/c1-16-9-10(13)11(15-16)12(18)14-5-4-8-17-6-2-3-7-17/h9H,2-8,13H2,1H3,(H,14,18). The molecule has 18 heavy (non-hydrogen) atoms. The molecule has 0 atom stereocenters. The van der Waals surface area contributed by atoms with Crippen molar-refractivity contribution in [2.75, 3.05) is 31.9 Å². The predicted molar refractivity (Wildman–Crippen MR) is 70.2 cm³/mol. The monoisotopic (exact) mass is 251 g/mol. The van der Waals surface area contributed by atoms with Gasteiger partial charge >= 0.3 is 0 Å². The quantitative estimate of drug-likeness (QED) is 0.734. The van der Waals surface area contributed by atoms with Gasteiger partial charge in [0.25, 0.3) is 5.91 Å². The molecule has 0 radical (unpaired) electrons. The number of aryl methyl sites for hydroxylation is 1. The zero-order valence-electron chi connectivity index (χ0n) is 10.9. The Morgan fingerprint density at radius 1 is 1.50 bits per heavy atom. The van der Waals surface area contributed by atoms with E-state index in [1.807, 2.05) is 0 Å². The molecule has 0 spiro atoms. The van der Waals surface area contributed by atoms with Gasteiger partial charge in [-0.2, -0.15) is 5.10 Å². The average molecular weight is 251 g/mol. The van der Waals surface area contributed by atoms with Crippen molar-refractivity contribution >= 4 is 11.6 Å². The van der Waals surface area contributed by atoms with E-state index in [9.17, 15) is 4.79 Å². The molecular weight excluding hydrogens is 230 g/mol. The van der Waals surface area contributed by atoms with Gasteiger partial charge in [-0.05, 0) is 38.9 Å². The van der Waals surface area contributed by atoms with Crippen LogP contribution in [0.1, 0.15) is 29.8 Å². The number of rotatable bonds is 5. The molecule has 6 heteroatoms. The SMILES string of the molecule is Cn1cc(N)c(C(=O)NCCCN2CCCC2)n1. The van der Waals surface area contributed by atoms with Gasteiger partial charge < -0.3 is 16.0 Å². The highest BCUT2D eigenvalue weighted by Gasteiger charge is 2.14. The van der Waals surface area contributed by atoms with Crippen LogP contribution in [0, 0.1) is 0 Å². The van der Waals surface area contributed by atoms with E-state index in [1.54, 1.807) is 17.9 Å². The lowest BCUT2D eigenvalue weighted by molar-refractivity contribution is 0.0947. The van der Waals surface area contributed by atoms with Crippen LogP contribution in [0.25, 0.3) is 0 Å². The van der Waals surface area contributed by atoms with Crippen molar-refractivity contribution in [2.45, 2.75) is 19.3 Å². The van der Waals surface area contributed by atoms with Gasteiger partial charge in [0.2, 0.25) is 0 Å². The van der Waals surface area contributed by atoms with Gasteiger partial charge in [-0.1, -0.05) is 0 Å². The van der Waals surface area contributed by atoms with Crippen LogP contribution in [-0.2, 0) is 7.05 Å². The van der Waals surface area contributed by atoms with E-state index in [4.69, 9.17) is 5.73 Å². The Balaban J connectivity index is 1.70. The lowest BCUT2D eigenvalue weighted by atomic mass is 10.3. The number of nitrogens with one attached hydrogen (secondary N) is 1. The molecule has 6 nitrogen and oxygen atoms in total. The summed E-state index contributed by atoms with van der Waals surface area (Å²) in [5.41, 5.74) is 6.44. The van der Waals surface area contributed by atoms with Crippen molar-refractivity contribution in [1.29, 1.82) is 0 Å². The van der Waals surface area contributed by atoms with Gasteiger partial charge in [-0.3, -0.25) is 9.48 Å². The number of carbonyl (C=O) groups is 1. The summed E-state index contributed by atoms with van der Waals surface area (Å²) in [6.45, 7) is 4.12. The summed E-state index contributed by atoms with van der Waals surface area (Å²) in [6.07, 6.45) is 5.21. The van der Waals surface area contributed by atoms with Crippen LogP contribution in [0.5, 0.6) is 0 Å². The number of amides is 1. The molecule has 1 aromatic rings. The molecule has 0 aromatic carbocycles. The maximum absolute atomic E-state index is 11.8. The molecule has 0 saturated carbocycles. The summed E-state index contributed by atoms with van der Waals surface area (Å²) in [7, 11) is 1.75. The zero-order chi connectivity index (χ0) is 13.0. The lowest BCUT2D eigenvalue weighted by Crippen LogP contribution is -2.29. The Morgan fingerprint density at radius 2 is 2.22 bits per heavy atom. The van der Waals surface area contributed by atoms with E-state index in [2.05, 4.69) is 15.3 Å². The maximum atomic E-state index is 11.8. The number of likely N-dealkylation sites (tertiary alicyclic amines) is 1. The van der Waals surface area contributed by atoms with Crippen LogP contribution in [0.2, 0.25) is 0 Å². The molecule has 100 valence electrons. The van der Waals surface area contributed by atoms with Crippen LogP contribution >= 0.6 is 0 Å². The molecule has 0 bridgehead atoms. The first kappa shape index (κ1) is 12.9. The van der Waals surface area contributed by atoms with Crippen molar-refractivity contribution in [2.24, 2.45) is 7.05 Å². The molecule has 1 saturated heterocycles. The predicted octanol–water partition coefficient (Wildman–Crippen LogP) is 0.218. The van der Waals surface area contributed by atoms with E-state index in [1.165, 1.54) is 25.9 Å². The number of nitrogen functional groups attached to an aromatic ring is 1. The summed E-state index contributed by atoms with van der Waals surface area (Å²) in [6, 6.07) is 0. The average Bonchev–Trinajstić information content (AvgIpc) is 2.94. The first-order valence-corrected chi connectivity index (χ1v) is 6.46. The number of anilines is 1. The third-order valence-electron chi connectivity index (χ3n) is 3.21. The number of hydrogen-bond acceptors (Lipinski definition) is 4. The minimum atomic E-state index is -0.186. The smallest absolute Gasteiger partial charge is 0.273 e. The Kier molecular flexibility index (Phi) is 4.19. The third-order valence-corrected chi connectivity index (χ3v) is 3.21. The molecule has 2 rings (SSSR count). The van der Waals surface area contributed by atoms with Crippen LogP contribution in [0.4, 0.5) is 5.69 Å². The molecule has 1 fully saturated rings. The summed E-state index contributed by atoms with van der Waals surface area (Å²) in [5, 5.41) is 6.89. The molecule has 1 aliphatic rings. The lowest BCUT2D eigenvalue weighted by Gasteiger charge is -2.14. The minimum Gasteiger partial charge on any atom is -0.396 e.